The second kappa shape index (κ2) is 16.5. The standard InChI is InChI=1S/C44H45ClN6O4.ClH/c1-29-39(44(54)51(34-11-13-37(52)14-12-34)36-24-31-16-18-47(2)42(31)46-27-36)26-41(48(29)3)40-25-33(45)10-15-38(40)43(53)50-28-32-8-5-4-7-30(32)23-35(50)9-6-17-49-19-21-55-22-20-49;/h4-5,7-8,10-16,18,24-27,35,52H,6,9,17,19-23,28H2,1-3H3;1H/t35-;/m1./s1. The van der Waals surface area contributed by atoms with Crippen molar-refractivity contribution in [2.45, 2.75) is 38.8 Å². The number of morpholine rings is 1. The van der Waals surface area contributed by atoms with Gasteiger partial charge in [0.1, 0.15) is 11.4 Å². The maximum Gasteiger partial charge on any atom is 0.264 e. The maximum absolute atomic E-state index is 14.9. The molecule has 3 aromatic heterocycles. The summed E-state index contributed by atoms with van der Waals surface area (Å²) in [7, 11) is 3.84. The van der Waals surface area contributed by atoms with Crippen LogP contribution in [0.1, 0.15) is 50.4 Å². The molecule has 1 atom stereocenters. The normalized spacial score (nSPS) is 15.7. The molecular weight excluding hydrogens is 747 g/mol. The summed E-state index contributed by atoms with van der Waals surface area (Å²) in [5.41, 5.74) is 7.51. The molecule has 0 bridgehead atoms. The first kappa shape index (κ1) is 39.1. The highest BCUT2D eigenvalue weighted by molar-refractivity contribution is 6.31. The van der Waals surface area contributed by atoms with Crippen molar-refractivity contribution in [2.24, 2.45) is 14.1 Å². The number of rotatable bonds is 9. The Kier molecular flexibility index (Phi) is 11.6. The zero-order valence-electron chi connectivity index (χ0n) is 31.8. The van der Waals surface area contributed by atoms with Crippen LogP contribution in [0.5, 0.6) is 5.75 Å². The molecule has 0 aliphatic carbocycles. The average Bonchev–Trinajstić information content (AvgIpc) is 3.72. The fraction of sp³-hybridized carbons (Fsp3) is 0.295. The predicted molar refractivity (Wildman–Crippen MR) is 223 cm³/mol. The molecule has 2 aliphatic rings. The fourth-order valence-electron chi connectivity index (χ4n) is 8.07. The lowest BCUT2D eigenvalue weighted by molar-refractivity contribution is 0.0353. The van der Waals surface area contributed by atoms with Crippen LogP contribution in [0.25, 0.3) is 22.3 Å². The Balaban J connectivity index is 0.00000480. The lowest BCUT2D eigenvalue weighted by atomic mass is 9.90. The van der Waals surface area contributed by atoms with Crippen molar-refractivity contribution in [3.63, 3.8) is 0 Å². The van der Waals surface area contributed by atoms with Gasteiger partial charge in [-0.1, -0.05) is 35.9 Å². The number of halogens is 2. The van der Waals surface area contributed by atoms with E-state index in [9.17, 15) is 14.7 Å². The van der Waals surface area contributed by atoms with E-state index in [1.54, 1.807) is 41.4 Å². The van der Waals surface area contributed by atoms with Crippen LogP contribution in [0.15, 0.2) is 97.3 Å². The van der Waals surface area contributed by atoms with Gasteiger partial charge in [0, 0.05) is 84.6 Å². The van der Waals surface area contributed by atoms with E-state index < -0.39 is 0 Å². The predicted octanol–water partition coefficient (Wildman–Crippen LogP) is 8.33. The van der Waals surface area contributed by atoms with Gasteiger partial charge >= 0.3 is 0 Å². The number of anilines is 2. The molecule has 2 aliphatic heterocycles. The number of phenolic OH excluding ortho intramolecular Hbond substituents is 1. The van der Waals surface area contributed by atoms with Gasteiger partial charge in [-0.2, -0.15) is 0 Å². The minimum atomic E-state index is -0.273. The highest BCUT2D eigenvalue weighted by atomic mass is 35.5. The van der Waals surface area contributed by atoms with Gasteiger partial charge in [-0.15, -0.1) is 12.4 Å². The van der Waals surface area contributed by atoms with E-state index >= 15 is 0 Å². The monoisotopic (exact) mass is 792 g/mol. The number of aryl methyl sites for hydroxylation is 1. The third-order valence-electron chi connectivity index (χ3n) is 11.2. The van der Waals surface area contributed by atoms with Crippen LogP contribution in [0.2, 0.25) is 5.02 Å². The molecule has 8 rings (SSSR count). The molecule has 0 spiro atoms. The Bertz CT molecular complexity index is 2380. The number of hydrogen-bond donors (Lipinski definition) is 1. The Morgan fingerprint density at radius 1 is 0.929 bits per heavy atom. The van der Waals surface area contributed by atoms with E-state index in [4.69, 9.17) is 16.3 Å². The van der Waals surface area contributed by atoms with E-state index in [1.165, 1.54) is 5.56 Å². The van der Waals surface area contributed by atoms with E-state index in [-0.39, 0.29) is 36.0 Å². The smallest absolute Gasteiger partial charge is 0.264 e. The van der Waals surface area contributed by atoms with Crippen LogP contribution in [-0.2, 0) is 31.8 Å². The molecule has 12 heteroatoms. The van der Waals surface area contributed by atoms with E-state index in [1.807, 2.05) is 77.6 Å². The number of ether oxygens (including phenoxy) is 1. The van der Waals surface area contributed by atoms with Crippen LogP contribution in [0, 0.1) is 6.92 Å². The Hall–Kier alpha value is -5.13. The third-order valence-corrected chi connectivity index (χ3v) is 11.5. The van der Waals surface area contributed by atoms with Crippen LogP contribution in [0.3, 0.4) is 0 Å². The van der Waals surface area contributed by atoms with Crippen LogP contribution in [0.4, 0.5) is 11.4 Å². The number of phenols is 1. The largest absolute Gasteiger partial charge is 0.508 e. The molecule has 10 nitrogen and oxygen atoms in total. The second-order valence-corrected chi connectivity index (χ2v) is 15.1. The van der Waals surface area contributed by atoms with Crippen molar-refractivity contribution >= 4 is 58.2 Å². The van der Waals surface area contributed by atoms with Gasteiger partial charge < -0.3 is 23.9 Å². The molecule has 290 valence electrons. The second-order valence-electron chi connectivity index (χ2n) is 14.6. The van der Waals surface area contributed by atoms with E-state index in [0.717, 1.165) is 74.4 Å². The number of hydrogen-bond acceptors (Lipinski definition) is 6. The van der Waals surface area contributed by atoms with Crippen LogP contribution >= 0.6 is 24.0 Å². The molecule has 0 saturated carbocycles. The Labute approximate surface area is 338 Å². The minimum absolute atomic E-state index is 0. The molecule has 2 amide bonds. The van der Waals surface area contributed by atoms with Crippen molar-refractivity contribution in [2.75, 3.05) is 37.7 Å². The van der Waals surface area contributed by atoms with Gasteiger partial charge in [-0.3, -0.25) is 19.4 Å². The Morgan fingerprint density at radius 3 is 2.45 bits per heavy atom. The highest BCUT2D eigenvalue weighted by Crippen LogP contribution is 2.37. The van der Waals surface area contributed by atoms with Gasteiger partial charge in [0.15, 0.2) is 0 Å². The first-order valence-corrected chi connectivity index (χ1v) is 19.2. The number of aromatic nitrogens is 3. The molecule has 1 N–H and O–H groups in total. The van der Waals surface area contributed by atoms with E-state index in [2.05, 4.69) is 28.1 Å². The molecule has 1 fully saturated rings. The average molecular weight is 794 g/mol. The van der Waals surface area contributed by atoms with Gasteiger partial charge in [0.2, 0.25) is 0 Å². The van der Waals surface area contributed by atoms with Gasteiger partial charge in [-0.25, -0.2) is 4.98 Å². The number of fused-ring (bicyclic) bond motifs is 2. The molecular formula is C44H46Cl2N6O4. The number of carbonyl (C=O) groups is 2. The van der Waals surface area contributed by atoms with Crippen molar-refractivity contribution in [3.8, 4) is 17.0 Å². The molecule has 0 radical (unpaired) electrons. The third kappa shape index (κ3) is 7.67. The lowest BCUT2D eigenvalue weighted by Crippen LogP contribution is -2.45. The summed E-state index contributed by atoms with van der Waals surface area (Å²) in [5.74, 6) is -0.233. The zero-order chi connectivity index (χ0) is 38.2. The molecule has 1 saturated heterocycles. The van der Waals surface area contributed by atoms with Gasteiger partial charge in [0.05, 0.1) is 30.7 Å². The summed E-state index contributed by atoms with van der Waals surface area (Å²) < 4.78 is 9.43. The number of nitrogens with zero attached hydrogens (tertiary/aromatic N) is 6. The number of carbonyl (C=O) groups excluding carboxylic acids is 2. The number of aromatic hydroxyl groups is 1. The molecule has 5 heterocycles. The summed E-state index contributed by atoms with van der Waals surface area (Å²) in [4.78, 5) is 40.5. The fourth-order valence-corrected chi connectivity index (χ4v) is 8.25. The summed E-state index contributed by atoms with van der Waals surface area (Å²) in [5, 5.41) is 11.5. The molecule has 56 heavy (non-hydrogen) atoms. The minimum Gasteiger partial charge on any atom is -0.508 e. The van der Waals surface area contributed by atoms with Crippen molar-refractivity contribution < 1.29 is 19.4 Å². The van der Waals surface area contributed by atoms with Crippen LogP contribution < -0.4 is 4.90 Å². The van der Waals surface area contributed by atoms with Crippen molar-refractivity contribution in [3.05, 3.63) is 130 Å². The van der Waals surface area contributed by atoms with Crippen molar-refractivity contribution in [1.82, 2.24) is 23.9 Å². The summed E-state index contributed by atoms with van der Waals surface area (Å²) in [6, 6.07) is 26.2. The number of amides is 2. The Morgan fingerprint density at radius 2 is 1.68 bits per heavy atom. The first-order chi connectivity index (χ1) is 26.7. The van der Waals surface area contributed by atoms with Crippen molar-refractivity contribution in [1.29, 1.82) is 0 Å². The summed E-state index contributed by atoms with van der Waals surface area (Å²) >= 11 is 6.68. The maximum atomic E-state index is 14.9. The summed E-state index contributed by atoms with van der Waals surface area (Å²) in [6.45, 7) is 6.82. The first-order valence-electron chi connectivity index (χ1n) is 18.8. The van der Waals surface area contributed by atoms with Crippen LogP contribution in [-0.4, -0.2) is 79.7 Å². The number of benzene rings is 3. The topological polar surface area (TPSA) is 96.1 Å². The number of pyridine rings is 1. The highest BCUT2D eigenvalue weighted by Gasteiger charge is 2.33. The molecule has 0 unspecified atom stereocenters. The van der Waals surface area contributed by atoms with Gasteiger partial charge in [-0.05, 0) is 105 Å². The summed E-state index contributed by atoms with van der Waals surface area (Å²) in [6.07, 6.45) is 6.29. The molecule has 3 aromatic carbocycles. The van der Waals surface area contributed by atoms with Gasteiger partial charge in [0.25, 0.3) is 11.8 Å². The quantitative estimate of drug-likeness (QED) is 0.158. The lowest BCUT2D eigenvalue weighted by Gasteiger charge is -2.38. The van der Waals surface area contributed by atoms with E-state index in [0.29, 0.717) is 45.3 Å². The zero-order valence-corrected chi connectivity index (χ0v) is 33.4. The SMILES string of the molecule is Cc1c(C(=O)N(c2ccc(O)cc2)c2cnc3c(ccn3C)c2)cc(-c2cc(Cl)ccc2C(=O)N2Cc3ccccc3C[C@H]2CCCN2CCOCC2)n1C.Cl. The molecule has 6 aromatic rings.